The fourth-order valence-corrected chi connectivity index (χ4v) is 3.75. The van der Waals surface area contributed by atoms with Gasteiger partial charge in [-0.3, -0.25) is 9.59 Å². The van der Waals surface area contributed by atoms with Gasteiger partial charge in [-0.2, -0.15) is 0 Å². The van der Waals surface area contributed by atoms with Crippen molar-refractivity contribution in [3.8, 4) is 10.4 Å². The van der Waals surface area contributed by atoms with Gasteiger partial charge in [-0.05, 0) is 23.6 Å². The summed E-state index contributed by atoms with van der Waals surface area (Å²) in [5.74, 6) is 0. The van der Waals surface area contributed by atoms with E-state index >= 15 is 0 Å². The minimum absolute atomic E-state index is 0.0339. The summed E-state index contributed by atoms with van der Waals surface area (Å²) < 4.78 is 0.765. The smallest absolute Gasteiger partial charge is 0.188 e. The second-order valence-electron chi connectivity index (χ2n) is 5.27. The molecule has 0 bridgehead atoms. The maximum atomic E-state index is 12.3. The molecule has 0 atom stereocenters. The van der Waals surface area contributed by atoms with Gasteiger partial charge in [0.25, 0.3) is 0 Å². The second-order valence-corrected chi connectivity index (χ2v) is 6.32. The molecule has 0 aliphatic rings. The van der Waals surface area contributed by atoms with Crippen LogP contribution in [0.2, 0.25) is 0 Å². The number of benzene rings is 2. The SMILES string of the molecule is CCCc1cccc(-c2cc(=O)c3cccc(C=O)c3s2)c1. The minimum atomic E-state index is -0.0339. The van der Waals surface area contributed by atoms with E-state index in [1.807, 2.05) is 12.1 Å². The van der Waals surface area contributed by atoms with Crippen molar-refractivity contribution in [1.29, 1.82) is 0 Å². The van der Waals surface area contributed by atoms with Crippen molar-refractivity contribution in [1.82, 2.24) is 0 Å². The van der Waals surface area contributed by atoms with Crippen LogP contribution < -0.4 is 5.43 Å². The van der Waals surface area contributed by atoms with Crippen molar-refractivity contribution in [2.24, 2.45) is 0 Å². The van der Waals surface area contributed by atoms with Crippen molar-refractivity contribution in [3.05, 3.63) is 69.9 Å². The number of hydrogen-bond donors (Lipinski definition) is 0. The lowest BCUT2D eigenvalue weighted by Gasteiger charge is -2.06. The summed E-state index contributed by atoms with van der Waals surface area (Å²) in [4.78, 5) is 24.5. The van der Waals surface area contributed by atoms with Crippen LogP contribution in [0, 0.1) is 0 Å². The third-order valence-electron chi connectivity index (χ3n) is 3.66. The molecule has 0 radical (unpaired) electrons. The Hall–Kier alpha value is -2.26. The fraction of sp³-hybridized carbons (Fsp3) is 0.158. The highest BCUT2D eigenvalue weighted by Gasteiger charge is 2.08. The second kappa shape index (κ2) is 6.24. The third kappa shape index (κ3) is 2.72. The van der Waals surface area contributed by atoms with Gasteiger partial charge in [-0.15, -0.1) is 11.3 Å². The molecule has 0 fully saturated rings. The van der Waals surface area contributed by atoms with Gasteiger partial charge in [0.05, 0.1) is 0 Å². The van der Waals surface area contributed by atoms with Gasteiger partial charge in [0, 0.05) is 26.6 Å². The lowest BCUT2D eigenvalue weighted by molar-refractivity contribution is 0.112. The molecule has 3 aromatic rings. The zero-order valence-corrected chi connectivity index (χ0v) is 13.2. The average Bonchev–Trinajstić information content (AvgIpc) is 2.55. The molecule has 0 saturated heterocycles. The molecular formula is C19H16O2S. The predicted octanol–water partition coefficient (Wildman–Crippen LogP) is 4.69. The normalized spacial score (nSPS) is 10.8. The first-order valence-corrected chi connectivity index (χ1v) is 8.16. The molecule has 0 aliphatic carbocycles. The number of carbonyl (C=O) groups is 1. The Morgan fingerprint density at radius 2 is 1.91 bits per heavy atom. The summed E-state index contributed by atoms with van der Waals surface area (Å²) in [6, 6.07) is 15.2. The van der Waals surface area contributed by atoms with E-state index < -0.39 is 0 Å². The topological polar surface area (TPSA) is 34.1 Å². The quantitative estimate of drug-likeness (QED) is 0.655. The van der Waals surface area contributed by atoms with Gasteiger partial charge in [0.2, 0.25) is 0 Å². The van der Waals surface area contributed by atoms with Crippen LogP contribution in [0.5, 0.6) is 0 Å². The van der Waals surface area contributed by atoms with E-state index in [1.54, 1.807) is 24.3 Å². The molecule has 2 nitrogen and oxygen atoms in total. The monoisotopic (exact) mass is 308 g/mol. The summed E-state index contributed by atoms with van der Waals surface area (Å²) >= 11 is 1.50. The van der Waals surface area contributed by atoms with Gasteiger partial charge < -0.3 is 0 Å². The predicted molar refractivity (Wildman–Crippen MR) is 92.9 cm³/mol. The molecule has 0 unspecified atom stereocenters. The highest BCUT2D eigenvalue weighted by atomic mass is 32.1. The molecule has 3 heteroatoms. The number of fused-ring (bicyclic) bond motifs is 1. The van der Waals surface area contributed by atoms with E-state index in [0.29, 0.717) is 10.9 Å². The molecule has 0 spiro atoms. The lowest BCUT2D eigenvalue weighted by atomic mass is 10.1. The fourth-order valence-electron chi connectivity index (χ4n) is 2.60. The van der Waals surface area contributed by atoms with Crippen molar-refractivity contribution < 1.29 is 4.79 Å². The maximum absolute atomic E-state index is 12.3. The van der Waals surface area contributed by atoms with Crippen LogP contribution >= 0.6 is 11.3 Å². The van der Waals surface area contributed by atoms with Crippen LogP contribution in [0.3, 0.4) is 0 Å². The zero-order chi connectivity index (χ0) is 15.5. The largest absolute Gasteiger partial charge is 0.298 e. The molecule has 1 aromatic heterocycles. The molecule has 0 saturated carbocycles. The van der Waals surface area contributed by atoms with Gasteiger partial charge in [0.1, 0.15) is 0 Å². The Kier molecular flexibility index (Phi) is 4.16. The van der Waals surface area contributed by atoms with Gasteiger partial charge in [-0.1, -0.05) is 49.7 Å². The summed E-state index contributed by atoms with van der Waals surface area (Å²) in [7, 11) is 0. The maximum Gasteiger partial charge on any atom is 0.188 e. The van der Waals surface area contributed by atoms with Crippen molar-refractivity contribution in [3.63, 3.8) is 0 Å². The van der Waals surface area contributed by atoms with E-state index in [0.717, 1.165) is 34.3 Å². The number of hydrogen-bond acceptors (Lipinski definition) is 3. The molecule has 2 aromatic carbocycles. The highest BCUT2D eigenvalue weighted by Crippen LogP contribution is 2.30. The molecule has 0 aliphatic heterocycles. The molecule has 3 rings (SSSR count). The van der Waals surface area contributed by atoms with E-state index in [1.165, 1.54) is 16.9 Å². The van der Waals surface area contributed by atoms with Crippen LogP contribution in [0.25, 0.3) is 20.5 Å². The number of rotatable bonds is 4. The molecule has 22 heavy (non-hydrogen) atoms. The first-order valence-electron chi connectivity index (χ1n) is 7.34. The Morgan fingerprint density at radius 1 is 1.09 bits per heavy atom. The molecule has 0 amide bonds. The van der Waals surface area contributed by atoms with Crippen LogP contribution in [-0.4, -0.2) is 6.29 Å². The third-order valence-corrected chi connectivity index (χ3v) is 4.90. The van der Waals surface area contributed by atoms with Crippen molar-refractivity contribution in [2.75, 3.05) is 0 Å². The van der Waals surface area contributed by atoms with Crippen LogP contribution in [0.1, 0.15) is 29.3 Å². The van der Waals surface area contributed by atoms with Crippen molar-refractivity contribution in [2.45, 2.75) is 19.8 Å². The summed E-state index contributed by atoms with van der Waals surface area (Å²) in [6.45, 7) is 2.15. The van der Waals surface area contributed by atoms with Gasteiger partial charge >= 0.3 is 0 Å². The van der Waals surface area contributed by atoms with Crippen LogP contribution in [-0.2, 0) is 6.42 Å². The highest BCUT2D eigenvalue weighted by molar-refractivity contribution is 7.21. The van der Waals surface area contributed by atoms with Crippen molar-refractivity contribution >= 4 is 27.7 Å². The Balaban J connectivity index is 2.21. The van der Waals surface area contributed by atoms with E-state index in [9.17, 15) is 9.59 Å². The summed E-state index contributed by atoms with van der Waals surface area (Å²) in [5, 5.41) is 0.614. The van der Waals surface area contributed by atoms with Gasteiger partial charge in [-0.25, -0.2) is 0 Å². The number of aryl methyl sites for hydroxylation is 1. The van der Waals surface area contributed by atoms with E-state index in [-0.39, 0.29) is 5.43 Å². The average molecular weight is 308 g/mol. The van der Waals surface area contributed by atoms with E-state index in [2.05, 4.69) is 19.1 Å². The Bertz CT molecular complexity index is 893. The van der Waals surface area contributed by atoms with Crippen LogP contribution in [0.15, 0.2) is 53.3 Å². The molecule has 0 N–H and O–H groups in total. The standard InChI is InChI=1S/C19H16O2S/c1-2-5-13-6-3-7-14(10-13)18-11-17(21)16-9-4-8-15(12-20)19(16)22-18/h3-4,6-12H,2,5H2,1H3. The Labute approximate surface area is 133 Å². The summed E-state index contributed by atoms with van der Waals surface area (Å²) in [6.07, 6.45) is 2.93. The number of aldehydes is 1. The Morgan fingerprint density at radius 3 is 2.68 bits per heavy atom. The lowest BCUT2D eigenvalue weighted by Crippen LogP contribution is -2.00. The molecule has 110 valence electrons. The van der Waals surface area contributed by atoms with E-state index in [4.69, 9.17) is 0 Å². The first kappa shape index (κ1) is 14.7. The zero-order valence-electron chi connectivity index (χ0n) is 12.3. The van der Waals surface area contributed by atoms with Crippen LogP contribution in [0.4, 0.5) is 0 Å². The van der Waals surface area contributed by atoms with Gasteiger partial charge in [0.15, 0.2) is 11.7 Å². The molecule has 1 heterocycles. The number of carbonyl (C=O) groups excluding carboxylic acids is 1. The first-order chi connectivity index (χ1) is 10.7. The summed E-state index contributed by atoms with van der Waals surface area (Å²) in [5.41, 5.74) is 2.85. The minimum Gasteiger partial charge on any atom is -0.298 e. The molecular weight excluding hydrogens is 292 g/mol.